The van der Waals surface area contributed by atoms with Gasteiger partial charge in [-0.3, -0.25) is 9.78 Å². The van der Waals surface area contributed by atoms with Crippen LogP contribution in [0, 0.1) is 18.6 Å². The summed E-state index contributed by atoms with van der Waals surface area (Å²) in [6, 6.07) is 3.75. The number of carbonyl (C=O) groups excluding carboxylic acids is 1. The quantitative estimate of drug-likeness (QED) is 0.621. The van der Waals surface area contributed by atoms with Crippen molar-refractivity contribution < 1.29 is 26.7 Å². The number of rotatable bonds is 2. The Bertz CT molecular complexity index is 692. The molecule has 0 amide bonds. The number of pyridine rings is 1. The summed E-state index contributed by atoms with van der Waals surface area (Å²) in [5.74, 6) is -3.51. The Balaban J connectivity index is 2.39. The van der Waals surface area contributed by atoms with Gasteiger partial charge in [-0.25, -0.2) is 8.78 Å². The SMILES string of the molecule is Cc1ccc(C(=O)c2ccc(C(F)(F)F)cn2)c(F)c1F. The standard InChI is InChI=1S/C14H8F5NO/c1-7-2-4-9(12(16)11(7)15)13(21)10-5-3-8(6-20-10)14(17,18)19/h2-6H,1H3. The zero-order chi connectivity index (χ0) is 15.8. The van der Waals surface area contributed by atoms with E-state index >= 15 is 0 Å². The molecule has 1 heterocycles. The van der Waals surface area contributed by atoms with Gasteiger partial charge in [0.05, 0.1) is 11.1 Å². The Morgan fingerprint density at radius 3 is 2.24 bits per heavy atom. The number of aryl methyl sites for hydroxylation is 1. The number of halogens is 5. The summed E-state index contributed by atoms with van der Waals surface area (Å²) >= 11 is 0. The predicted molar refractivity (Wildman–Crippen MR) is 63.8 cm³/mol. The summed E-state index contributed by atoms with van der Waals surface area (Å²) in [5, 5.41) is 0. The Morgan fingerprint density at radius 1 is 1.05 bits per heavy atom. The van der Waals surface area contributed by atoms with E-state index in [1.54, 1.807) is 0 Å². The second-order valence-electron chi connectivity index (χ2n) is 4.32. The lowest BCUT2D eigenvalue weighted by molar-refractivity contribution is -0.137. The zero-order valence-corrected chi connectivity index (χ0v) is 10.6. The van der Waals surface area contributed by atoms with Gasteiger partial charge >= 0.3 is 6.18 Å². The summed E-state index contributed by atoms with van der Waals surface area (Å²) in [5.41, 5.74) is -1.99. The van der Waals surface area contributed by atoms with Crippen molar-refractivity contribution in [1.29, 1.82) is 0 Å². The molecule has 0 aliphatic rings. The average molecular weight is 301 g/mol. The highest BCUT2D eigenvalue weighted by atomic mass is 19.4. The number of aromatic nitrogens is 1. The van der Waals surface area contributed by atoms with Crippen LogP contribution < -0.4 is 0 Å². The molecule has 1 aromatic heterocycles. The molecule has 0 saturated carbocycles. The number of ketones is 1. The molecule has 0 N–H and O–H groups in total. The molecule has 110 valence electrons. The van der Waals surface area contributed by atoms with Crippen molar-refractivity contribution in [2.45, 2.75) is 13.1 Å². The molecule has 2 nitrogen and oxygen atoms in total. The first-order valence-electron chi connectivity index (χ1n) is 5.74. The molecule has 2 rings (SSSR count). The van der Waals surface area contributed by atoms with Crippen molar-refractivity contribution in [2.75, 3.05) is 0 Å². The van der Waals surface area contributed by atoms with Gasteiger partial charge < -0.3 is 0 Å². The molecule has 0 saturated heterocycles. The summed E-state index contributed by atoms with van der Waals surface area (Å²) < 4.78 is 64.2. The summed E-state index contributed by atoms with van der Waals surface area (Å²) in [6.07, 6.45) is -4.12. The van der Waals surface area contributed by atoms with E-state index in [1.165, 1.54) is 13.0 Å². The van der Waals surface area contributed by atoms with Gasteiger partial charge in [-0.05, 0) is 30.7 Å². The van der Waals surface area contributed by atoms with Crippen molar-refractivity contribution in [3.63, 3.8) is 0 Å². The maximum Gasteiger partial charge on any atom is 0.417 e. The lowest BCUT2D eigenvalue weighted by atomic mass is 10.0. The van der Waals surface area contributed by atoms with E-state index in [1.807, 2.05) is 0 Å². The number of hydrogen-bond acceptors (Lipinski definition) is 2. The normalized spacial score (nSPS) is 11.5. The average Bonchev–Trinajstić information content (AvgIpc) is 2.43. The Hall–Kier alpha value is -2.31. The lowest BCUT2D eigenvalue weighted by Crippen LogP contribution is -2.11. The molecule has 1 aromatic carbocycles. The van der Waals surface area contributed by atoms with Crippen molar-refractivity contribution >= 4 is 5.78 Å². The summed E-state index contributed by atoms with van der Waals surface area (Å²) in [6.45, 7) is 1.32. The maximum absolute atomic E-state index is 13.7. The van der Waals surface area contributed by atoms with Crippen molar-refractivity contribution in [2.24, 2.45) is 0 Å². The highest BCUT2D eigenvalue weighted by molar-refractivity contribution is 6.07. The molecule has 0 unspecified atom stereocenters. The highest BCUT2D eigenvalue weighted by Crippen LogP contribution is 2.28. The van der Waals surface area contributed by atoms with Crippen molar-refractivity contribution in [3.05, 3.63) is 64.5 Å². The van der Waals surface area contributed by atoms with Crippen LogP contribution in [0.25, 0.3) is 0 Å². The van der Waals surface area contributed by atoms with Crippen LogP contribution in [0.1, 0.15) is 27.2 Å². The van der Waals surface area contributed by atoms with Gasteiger partial charge in [0.25, 0.3) is 0 Å². The van der Waals surface area contributed by atoms with E-state index in [0.717, 1.165) is 12.1 Å². The third-order valence-corrected chi connectivity index (χ3v) is 2.84. The van der Waals surface area contributed by atoms with Gasteiger partial charge in [-0.2, -0.15) is 13.2 Å². The van der Waals surface area contributed by atoms with E-state index in [4.69, 9.17) is 0 Å². The molecule has 0 atom stereocenters. The Labute approximate surface area is 116 Å². The van der Waals surface area contributed by atoms with Crippen molar-refractivity contribution in [3.8, 4) is 0 Å². The molecule has 2 aromatic rings. The van der Waals surface area contributed by atoms with Crippen LogP contribution in [-0.4, -0.2) is 10.8 Å². The minimum atomic E-state index is -4.59. The van der Waals surface area contributed by atoms with Gasteiger partial charge in [0.2, 0.25) is 5.78 Å². The van der Waals surface area contributed by atoms with Gasteiger partial charge in [0, 0.05) is 6.20 Å². The van der Waals surface area contributed by atoms with E-state index in [-0.39, 0.29) is 5.56 Å². The molecular formula is C14H8F5NO. The van der Waals surface area contributed by atoms with Gasteiger partial charge in [-0.15, -0.1) is 0 Å². The fraction of sp³-hybridized carbons (Fsp3) is 0.143. The first-order chi connectivity index (χ1) is 9.71. The third kappa shape index (κ3) is 2.91. The van der Waals surface area contributed by atoms with Crippen LogP contribution in [0.2, 0.25) is 0 Å². The van der Waals surface area contributed by atoms with E-state index in [2.05, 4.69) is 4.98 Å². The molecule has 0 spiro atoms. The number of nitrogens with zero attached hydrogens (tertiary/aromatic N) is 1. The number of benzene rings is 1. The molecular weight excluding hydrogens is 293 g/mol. The van der Waals surface area contributed by atoms with Crippen molar-refractivity contribution in [1.82, 2.24) is 4.98 Å². The lowest BCUT2D eigenvalue weighted by Gasteiger charge is -2.07. The van der Waals surface area contributed by atoms with Crippen LogP contribution >= 0.6 is 0 Å². The molecule has 0 radical (unpaired) electrons. The fourth-order valence-electron chi connectivity index (χ4n) is 1.66. The Morgan fingerprint density at radius 2 is 1.71 bits per heavy atom. The smallest absolute Gasteiger partial charge is 0.287 e. The maximum atomic E-state index is 13.7. The number of carbonyl (C=O) groups is 1. The number of hydrogen-bond donors (Lipinski definition) is 0. The first-order valence-corrected chi connectivity index (χ1v) is 5.74. The largest absolute Gasteiger partial charge is 0.417 e. The van der Waals surface area contributed by atoms with Crippen LogP contribution in [0.15, 0.2) is 30.5 Å². The summed E-state index contributed by atoms with van der Waals surface area (Å²) in [4.78, 5) is 15.3. The van der Waals surface area contributed by atoms with E-state index in [9.17, 15) is 26.7 Å². The molecule has 21 heavy (non-hydrogen) atoms. The minimum absolute atomic E-state index is 0.0180. The Kier molecular flexibility index (Phi) is 3.76. The van der Waals surface area contributed by atoms with Crippen LogP contribution in [0.3, 0.4) is 0 Å². The highest BCUT2D eigenvalue weighted by Gasteiger charge is 2.31. The second kappa shape index (κ2) is 5.23. The molecule has 0 aliphatic heterocycles. The van der Waals surface area contributed by atoms with Gasteiger partial charge in [0.1, 0.15) is 5.69 Å². The fourth-order valence-corrected chi connectivity index (χ4v) is 1.66. The van der Waals surface area contributed by atoms with Crippen LogP contribution in [0.4, 0.5) is 22.0 Å². The monoisotopic (exact) mass is 301 g/mol. The molecule has 0 bridgehead atoms. The van der Waals surface area contributed by atoms with E-state index in [0.29, 0.717) is 12.3 Å². The predicted octanol–water partition coefficient (Wildman–Crippen LogP) is 3.92. The molecule has 0 fully saturated rings. The van der Waals surface area contributed by atoms with Crippen LogP contribution in [0.5, 0.6) is 0 Å². The minimum Gasteiger partial charge on any atom is -0.287 e. The van der Waals surface area contributed by atoms with Gasteiger partial charge in [0.15, 0.2) is 11.6 Å². The zero-order valence-electron chi connectivity index (χ0n) is 10.6. The van der Waals surface area contributed by atoms with Crippen LogP contribution in [-0.2, 0) is 6.18 Å². The first kappa shape index (κ1) is 15.1. The van der Waals surface area contributed by atoms with E-state index < -0.39 is 40.4 Å². The molecule has 0 aliphatic carbocycles. The number of alkyl halides is 3. The third-order valence-electron chi connectivity index (χ3n) is 2.84. The van der Waals surface area contributed by atoms with Gasteiger partial charge in [-0.1, -0.05) is 6.07 Å². The second-order valence-corrected chi connectivity index (χ2v) is 4.32. The topological polar surface area (TPSA) is 30.0 Å². The molecule has 7 heteroatoms. The summed E-state index contributed by atoms with van der Waals surface area (Å²) in [7, 11) is 0.